The van der Waals surface area contributed by atoms with Gasteiger partial charge in [-0.05, 0) is 31.2 Å². The van der Waals surface area contributed by atoms with Gasteiger partial charge in [0.15, 0.2) is 0 Å². The predicted molar refractivity (Wildman–Crippen MR) is 75.5 cm³/mol. The minimum Gasteiger partial charge on any atom is -0.307 e. The van der Waals surface area contributed by atoms with Gasteiger partial charge in [-0.1, -0.05) is 36.7 Å². The summed E-state index contributed by atoms with van der Waals surface area (Å²) in [4.78, 5) is 0. The molecule has 0 fully saturated rings. The standard InChI is InChI=1S/C13H20ClNS/c1-4-16-9-10(2)15-11(3)12-7-5-6-8-13(12)14/h5-8,10-11,15H,4,9H2,1-3H3. The molecule has 16 heavy (non-hydrogen) atoms. The maximum Gasteiger partial charge on any atom is 0.0453 e. The van der Waals surface area contributed by atoms with Gasteiger partial charge >= 0.3 is 0 Å². The van der Waals surface area contributed by atoms with E-state index in [1.807, 2.05) is 30.0 Å². The average Bonchev–Trinajstić information content (AvgIpc) is 2.26. The molecule has 0 bridgehead atoms. The van der Waals surface area contributed by atoms with E-state index < -0.39 is 0 Å². The maximum atomic E-state index is 6.16. The summed E-state index contributed by atoms with van der Waals surface area (Å²) in [5, 5.41) is 4.41. The summed E-state index contributed by atoms with van der Waals surface area (Å²) >= 11 is 8.12. The van der Waals surface area contributed by atoms with Gasteiger partial charge in [0.2, 0.25) is 0 Å². The summed E-state index contributed by atoms with van der Waals surface area (Å²) in [6.45, 7) is 6.57. The Morgan fingerprint density at radius 3 is 2.62 bits per heavy atom. The van der Waals surface area contributed by atoms with Crippen LogP contribution >= 0.6 is 23.4 Å². The summed E-state index contributed by atoms with van der Waals surface area (Å²) in [5.41, 5.74) is 1.18. The Bertz CT molecular complexity index is 317. The van der Waals surface area contributed by atoms with Crippen molar-refractivity contribution < 1.29 is 0 Å². The topological polar surface area (TPSA) is 12.0 Å². The van der Waals surface area contributed by atoms with Crippen LogP contribution in [0.2, 0.25) is 5.02 Å². The van der Waals surface area contributed by atoms with Crippen LogP contribution in [0.3, 0.4) is 0 Å². The third-order valence-corrected chi connectivity index (χ3v) is 3.97. The lowest BCUT2D eigenvalue weighted by Gasteiger charge is -2.20. The molecule has 0 aliphatic heterocycles. The van der Waals surface area contributed by atoms with Gasteiger partial charge in [-0.2, -0.15) is 11.8 Å². The fourth-order valence-corrected chi connectivity index (χ4v) is 2.67. The van der Waals surface area contributed by atoms with Crippen LogP contribution in [0.25, 0.3) is 0 Å². The molecule has 2 atom stereocenters. The Balaban J connectivity index is 2.52. The van der Waals surface area contributed by atoms with Crippen LogP contribution < -0.4 is 5.32 Å². The zero-order chi connectivity index (χ0) is 12.0. The van der Waals surface area contributed by atoms with E-state index in [4.69, 9.17) is 11.6 Å². The SMILES string of the molecule is CCSCC(C)NC(C)c1ccccc1Cl. The van der Waals surface area contributed by atoms with E-state index in [-0.39, 0.29) is 0 Å². The molecule has 1 nitrogen and oxygen atoms in total. The van der Waals surface area contributed by atoms with Crippen LogP contribution in [0.4, 0.5) is 0 Å². The maximum absolute atomic E-state index is 6.16. The Morgan fingerprint density at radius 1 is 1.31 bits per heavy atom. The predicted octanol–water partition coefficient (Wildman–Crippen LogP) is 4.13. The zero-order valence-corrected chi connectivity index (χ0v) is 11.7. The van der Waals surface area contributed by atoms with Crippen molar-refractivity contribution in [2.24, 2.45) is 0 Å². The Labute approximate surface area is 108 Å². The lowest BCUT2D eigenvalue weighted by molar-refractivity contribution is 0.511. The fourth-order valence-electron chi connectivity index (χ4n) is 1.69. The second-order valence-corrected chi connectivity index (χ2v) is 5.70. The van der Waals surface area contributed by atoms with Gasteiger partial charge in [0.25, 0.3) is 0 Å². The molecule has 0 amide bonds. The third-order valence-electron chi connectivity index (χ3n) is 2.48. The number of nitrogens with one attached hydrogen (secondary N) is 1. The van der Waals surface area contributed by atoms with Gasteiger partial charge in [-0.3, -0.25) is 0 Å². The van der Waals surface area contributed by atoms with Crippen molar-refractivity contribution in [1.82, 2.24) is 5.32 Å². The lowest BCUT2D eigenvalue weighted by Crippen LogP contribution is -2.31. The number of hydrogen-bond acceptors (Lipinski definition) is 2. The number of hydrogen-bond donors (Lipinski definition) is 1. The molecule has 1 aromatic carbocycles. The van der Waals surface area contributed by atoms with Gasteiger partial charge < -0.3 is 5.32 Å². The second-order valence-electron chi connectivity index (χ2n) is 3.97. The summed E-state index contributed by atoms with van der Waals surface area (Å²) in [6.07, 6.45) is 0. The molecule has 1 aromatic rings. The van der Waals surface area contributed by atoms with E-state index in [1.54, 1.807) is 0 Å². The molecule has 0 saturated carbocycles. The van der Waals surface area contributed by atoms with Crippen LogP contribution in [0, 0.1) is 0 Å². The van der Waals surface area contributed by atoms with Crippen LogP contribution in [-0.2, 0) is 0 Å². The van der Waals surface area contributed by atoms with Crippen LogP contribution in [-0.4, -0.2) is 17.5 Å². The number of benzene rings is 1. The monoisotopic (exact) mass is 257 g/mol. The zero-order valence-electron chi connectivity index (χ0n) is 10.2. The molecule has 3 heteroatoms. The highest BCUT2D eigenvalue weighted by molar-refractivity contribution is 7.99. The van der Waals surface area contributed by atoms with Gasteiger partial charge in [0, 0.05) is 22.9 Å². The molecule has 0 aliphatic rings. The van der Waals surface area contributed by atoms with Crippen molar-refractivity contribution in [2.75, 3.05) is 11.5 Å². The lowest BCUT2D eigenvalue weighted by atomic mass is 10.1. The average molecular weight is 258 g/mol. The number of halogens is 1. The Kier molecular flexibility index (Phi) is 6.25. The highest BCUT2D eigenvalue weighted by atomic mass is 35.5. The van der Waals surface area contributed by atoms with Gasteiger partial charge in [0.05, 0.1) is 0 Å². The largest absolute Gasteiger partial charge is 0.307 e. The van der Waals surface area contributed by atoms with E-state index in [0.29, 0.717) is 12.1 Å². The van der Waals surface area contributed by atoms with Crippen molar-refractivity contribution in [1.29, 1.82) is 0 Å². The van der Waals surface area contributed by atoms with E-state index in [0.717, 1.165) is 10.8 Å². The molecule has 0 aliphatic carbocycles. The molecule has 0 heterocycles. The quantitative estimate of drug-likeness (QED) is 0.822. The van der Waals surface area contributed by atoms with Gasteiger partial charge in [-0.15, -0.1) is 0 Å². The Hall–Kier alpha value is -0.180. The van der Waals surface area contributed by atoms with Gasteiger partial charge in [0.1, 0.15) is 0 Å². The van der Waals surface area contributed by atoms with Crippen LogP contribution in [0.5, 0.6) is 0 Å². The number of thioether (sulfide) groups is 1. The van der Waals surface area contributed by atoms with Crippen molar-refractivity contribution in [3.63, 3.8) is 0 Å². The van der Waals surface area contributed by atoms with Crippen LogP contribution in [0.1, 0.15) is 32.4 Å². The molecule has 0 radical (unpaired) electrons. The van der Waals surface area contributed by atoms with Crippen molar-refractivity contribution in [2.45, 2.75) is 32.9 Å². The molecule has 1 rings (SSSR count). The van der Waals surface area contributed by atoms with Crippen LogP contribution in [0.15, 0.2) is 24.3 Å². The minimum atomic E-state index is 0.307. The fraction of sp³-hybridized carbons (Fsp3) is 0.538. The van der Waals surface area contributed by atoms with Crippen molar-refractivity contribution in [3.05, 3.63) is 34.9 Å². The van der Waals surface area contributed by atoms with E-state index >= 15 is 0 Å². The molecule has 1 N–H and O–H groups in total. The summed E-state index contributed by atoms with van der Waals surface area (Å²) in [7, 11) is 0. The summed E-state index contributed by atoms with van der Waals surface area (Å²) in [6, 6.07) is 8.84. The Morgan fingerprint density at radius 2 is 2.00 bits per heavy atom. The first-order chi connectivity index (χ1) is 7.65. The first-order valence-corrected chi connectivity index (χ1v) is 7.26. The molecular weight excluding hydrogens is 238 g/mol. The molecule has 0 spiro atoms. The second kappa shape index (κ2) is 7.21. The molecule has 0 aromatic heterocycles. The van der Waals surface area contributed by atoms with Crippen molar-refractivity contribution >= 4 is 23.4 Å². The van der Waals surface area contributed by atoms with E-state index in [1.165, 1.54) is 11.3 Å². The first-order valence-electron chi connectivity index (χ1n) is 5.73. The van der Waals surface area contributed by atoms with Crippen molar-refractivity contribution in [3.8, 4) is 0 Å². The smallest absolute Gasteiger partial charge is 0.0453 e. The summed E-state index contributed by atoms with van der Waals surface area (Å²) in [5.74, 6) is 2.32. The molecule has 2 unspecified atom stereocenters. The minimum absolute atomic E-state index is 0.307. The highest BCUT2D eigenvalue weighted by Crippen LogP contribution is 2.22. The summed E-state index contributed by atoms with van der Waals surface area (Å²) < 4.78 is 0. The highest BCUT2D eigenvalue weighted by Gasteiger charge is 2.11. The van der Waals surface area contributed by atoms with E-state index in [9.17, 15) is 0 Å². The normalized spacial score (nSPS) is 14.8. The first kappa shape index (κ1) is 13.9. The van der Waals surface area contributed by atoms with E-state index in [2.05, 4.69) is 32.2 Å². The molecular formula is C13H20ClNS. The molecule has 0 saturated heterocycles. The van der Waals surface area contributed by atoms with Gasteiger partial charge in [-0.25, -0.2) is 0 Å². The number of rotatable bonds is 6. The molecule has 90 valence electrons. The third kappa shape index (κ3) is 4.36.